The topological polar surface area (TPSA) is 64.3 Å². The van der Waals surface area contributed by atoms with E-state index in [4.69, 9.17) is 10.5 Å². The predicted molar refractivity (Wildman–Crippen MR) is 68.7 cm³/mol. The first-order valence-electron chi connectivity index (χ1n) is 5.84. The molecule has 0 spiro atoms. The normalized spacial score (nSPS) is 12.1. The predicted octanol–water partition coefficient (Wildman–Crippen LogP) is 1.35. The second-order valence-electron chi connectivity index (χ2n) is 3.99. The van der Waals surface area contributed by atoms with E-state index in [1.54, 1.807) is 12.1 Å². The second-order valence-corrected chi connectivity index (χ2v) is 3.99. The smallest absolute Gasteiger partial charge is 0.224 e. The zero-order valence-corrected chi connectivity index (χ0v) is 10.4. The Hall–Kier alpha value is -1.55. The lowest BCUT2D eigenvalue weighted by Crippen LogP contribution is -2.33. The number of rotatable bonds is 6. The minimum atomic E-state index is 0.00123. The molecule has 1 unspecified atom stereocenters. The molecule has 4 heteroatoms. The highest BCUT2D eigenvalue weighted by Gasteiger charge is 2.05. The van der Waals surface area contributed by atoms with Crippen molar-refractivity contribution >= 4 is 11.6 Å². The van der Waals surface area contributed by atoms with Crippen molar-refractivity contribution in [1.29, 1.82) is 0 Å². The molecule has 0 aliphatic rings. The number of nitrogen functional groups attached to an aromatic ring is 1. The average Bonchev–Trinajstić information content (AvgIpc) is 2.30. The van der Waals surface area contributed by atoms with Crippen molar-refractivity contribution in [3.05, 3.63) is 29.8 Å². The van der Waals surface area contributed by atoms with Crippen molar-refractivity contribution in [1.82, 2.24) is 5.32 Å². The third kappa shape index (κ3) is 5.36. The number of carbonyl (C=O) groups excluding carboxylic acids is 1. The van der Waals surface area contributed by atoms with Crippen LogP contribution in [-0.2, 0) is 16.0 Å². The fourth-order valence-corrected chi connectivity index (χ4v) is 1.48. The first kappa shape index (κ1) is 13.5. The summed E-state index contributed by atoms with van der Waals surface area (Å²) in [7, 11) is 0. The molecule has 1 aromatic rings. The number of nitrogens with two attached hydrogens (primary N) is 1. The highest BCUT2D eigenvalue weighted by molar-refractivity contribution is 5.78. The molecule has 0 fully saturated rings. The Morgan fingerprint density at radius 1 is 1.41 bits per heavy atom. The van der Waals surface area contributed by atoms with Gasteiger partial charge in [-0.1, -0.05) is 12.1 Å². The fraction of sp³-hybridized carbons (Fsp3) is 0.462. The molecule has 1 amide bonds. The van der Waals surface area contributed by atoms with Gasteiger partial charge in [-0.15, -0.1) is 0 Å². The second kappa shape index (κ2) is 6.91. The summed E-state index contributed by atoms with van der Waals surface area (Å²) in [6.07, 6.45) is 0.425. The van der Waals surface area contributed by atoms with Gasteiger partial charge in [0.05, 0.1) is 12.5 Å². The number of carbonyl (C=O) groups is 1. The number of hydrogen-bond donors (Lipinski definition) is 2. The first-order valence-corrected chi connectivity index (χ1v) is 5.84. The van der Waals surface area contributed by atoms with Crippen LogP contribution in [-0.4, -0.2) is 25.2 Å². The lowest BCUT2D eigenvalue weighted by atomic mass is 10.1. The Morgan fingerprint density at radius 2 is 2.06 bits per heavy atom. The average molecular weight is 236 g/mol. The standard InChI is InChI=1S/C13H20N2O2/c1-3-17-10(2)9-15-13(16)8-11-4-6-12(14)7-5-11/h4-7,10H,3,8-9,14H2,1-2H3,(H,15,16). The van der Waals surface area contributed by atoms with Crippen LogP contribution >= 0.6 is 0 Å². The number of hydrogen-bond acceptors (Lipinski definition) is 3. The number of anilines is 1. The van der Waals surface area contributed by atoms with E-state index in [-0.39, 0.29) is 12.0 Å². The molecule has 3 N–H and O–H groups in total. The molecule has 0 aliphatic heterocycles. The molecular weight excluding hydrogens is 216 g/mol. The molecule has 0 bridgehead atoms. The number of benzene rings is 1. The van der Waals surface area contributed by atoms with E-state index >= 15 is 0 Å². The van der Waals surface area contributed by atoms with Crippen LogP contribution in [0.3, 0.4) is 0 Å². The largest absolute Gasteiger partial charge is 0.399 e. The highest BCUT2D eigenvalue weighted by Crippen LogP contribution is 2.05. The summed E-state index contributed by atoms with van der Waals surface area (Å²) in [6.45, 7) is 5.08. The monoisotopic (exact) mass is 236 g/mol. The maximum atomic E-state index is 11.6. The lowest BCUT2D eigenvalue weighted by Gasteiger charge is -2.12. The van der Waals surface area contributed by atoms with Crippen molar-refractivity contribution in [2.24, 2.45) is 0 Å². The lowest BCUT2D eigenvalue weighted by molar-refractivity contribution is -0.121. The summed E-state index contributed by atoms with van der Waals surface area (Å²) >= 11 is 0. The van der Waals surface area contributed by atoms with E-state index in [2.05, 4.69) is 5.32 Å². The van der Waals surface area contributed by atoms with Crippen molar-refractivity contribution in [2.45, 2.75) is 26.4 Å². The molecule has 0 radical (unpaired) electrons. The fourth-order valence-electron chi connectivity index (χ4n) is 1.48. The molecule has 0 aliphatic carbocycles. The molecule has 1 rings (SSSR count). The summed E-state index contributed by atoms with van der Waals surface area (Å²) in [4.78, 5) is 11.6. The van der Waals surface area contributed by atoms with Crippen molar-refractivity contribution in [3.63, 3.8) is 0 Å². The van der Waals surface area contributed by atoms with Gasteiger partial charge < -0.3 is 15.8 Å². The van der Waals surface area contributed by atoms with Gasteiger partial charge in [-0.2, -0.15) is 0 Å². The van der Waals surface area contributed by atoms with E-state index in [1.165, 1.54) is 0 Å². The Labute approximate surface area is 102 Å². The van der Waals surface area contributed by atoms with Crippen LogP contribution in [0.5, 0.6) is 0 Å². The summed E-state index contributed by atoms with van der Waals surface area (Å²) in [6, 6.07) is 7.32. The molecule has 94 valence electrons. The van der Waals surface area contributed by atoms with Crippen LogP contribution in [0.15, 0.2) is 24.3 Å². The Kier molecular flexibility index (Phi) is 5.49. The van der Waals surface area contributed by atoms with Crippen LogP contribution < -0.4 is 11.1 Å². The van der Waals surface area contributed by atoms with Gasteiger partial charge in [0.1, 0.15) is 0 Å². The Balaban J connectivity index is 2.32. The number of ether oxygens (including phenoxy) is 1. The molecule has 1 aromatic carbocycles. The van der Waals surface area contributed by atoms with Crippen LogP contribution in [0.2, 0.25) is 0 Å². The SMILES string of the molecule is CCOC(C)CNC(=O)Cc1ccc(N)cc1. The van der Waals surface area contributed by atoms with Crippen LogP contribution in [0.25, 0.3) is 0 Å². The molecule has 17 heavy (non-hydrogen) atoms. The summed E-state index contributed by atoms with van der Waals surface area (Å²) < 4.78 is 5.33. The molecule has 4 nitrogen and oxygen atoms in total. The van der Waals surface area contributed by atoms with Crippen molar-refractivity contribution in [3.8, 4) is 0 Å². The van der Waals surface area contributed by atoms with Crippen molar-refractivity contribution in [2.75, 3.05) is 18.9 Å². The van der Waals surface area contributed by atoms with E-state index in [0.717, 1.165) is 5.56 Å². The van der Waals surface area contributed by atoms with Gasteiger partial charge in [0, 0.05) is 18.8 Å². The third-order valence-electron chi connectivity index (χ3n) is 2.38. The quantitative estimate of drug-likeness (QED) is 0.733. The van der Waals surface area contributed by atoms with E-state index in [1.807, 2.05) is 26.0 Å². The molecule has 0 aromatic heterocycles. The van der Waals surface area contributed by atoms with Gasteiger partial charge in [-0.25, -0.2) is 0 Å². The molecule has 1 atom stereocenters. The molecule has 0 saturated carbocycles. The van der Waals surface area contributed by atoms with Crippen LogP contribution in [0.1, 0.15) is 19.4 Å². The molecular formula is C13H20N2O2. The van der Waals surface area contributed by atoms with Gasteiger partial charge in [-0.3, -0.25) is 4.79 Å². The van der Waals surface area contributed by atoms with Gasteiger partial charge in [0.25, 0.3) is 0 Å². The van der Waals surface area contributed by atoms with E-state index < -0.39 is 0 Å². The number of nitrogens with one attached hydrogen (secondary N) is 1. The van der Waals surface area contributed by atoms with Gasteiger partial charge in [-0.05, 0) is 31.5 Å². The zero-order valence-electron chi connectivity index (χ0n) is 10.4. The molecule has 0 heterocycles. The minimum absolute atomic E-state index is 0.00123. The summed E-state index contributed by atoms with van der Waals surface area (Å²) in [5, 5.41) is 2.84. The van der Waals surface area contributed by atoms with Gasteiger partial charge in [0.15, 0.2) is 0 Å². The summed E-state index contributed by atoms with van der Waals surface area (Å²) in [5.41, 5.74) is 7.24. The minimum Gasteiger partial charge on any atom is -0.399 e. The molecule has 0 saturated heterocycles. The van der Waals surface area contributed by atoms with Gasteiger partial charge in [0.2, 0.25) is 5.91 Å². The zero-order chi connectivity index (χ0) is 12.7. The number of amides is 1. The van der Waals surface area contributed by atoms with Crippen molar-refractivity contribution < 1.29 is 9.53 Å². The Bertz CT molecular complexity index is 349. The van der Waals surface area contributed by atoms with Gasteiger partial charge >= 0.3 is 0 Å². The summed E-state index contributed by atoms with van der Waals surface area (Å²) in [5.74, 6) is 0.00123. The first-order chi connectivity index (χ1) is 8.11. The highest BCUT2D eigenvalue weighted by atomic mass is 16.5. The van der Waals surface area contributed by atoms with Crippen LogP contribution in [0.4, 0.5) is 5.69 Å². The third-order valence-corrected chi connectivity index (χ3v) is 2.38. The van der Waals surface area contributed by atoms with Crippen LogP contribution in [0, 0.1) is 0 Å². The Morgan fingerprint density at radius 3 is 2.65 bits per heavy atom. The van der Waals surface area contributed by atoms with E-state index in [0.29, 0.717) is 25.3 Å². The van der Waals surface area contributed by atoms with E-state index in [9.17, 15) is 4.79 Å². The maximum Gasteiger partial charge on any atom is 0.224 e. The maximum absolute atomic E-state index is 11.6.